The number of aromatic amines is 1. The Morgan fingerprint density at radius 3 is 3.12 bits per heavy atom. The number of nitrogens with zero attached hydrogens (tertiary/aromatic N) is 1. The van der Waals surface area contributed by atoms with E-state index in [1.165, 1.54) is 0 Å². The Morgan fingerprint density at radius 2 is 2.47 bits per heavy atom. The number of rotatable bonds is 4. The number of urea groups is 1. The molecule has 2 aromatic heterocycles. The second-order valence-corrected chi connectivity index (χ2v) is 4.63. The average molecular weight is 250 g/mol. The maximum absolute atomic E-state index is 11.6. The summed E-state index contributed by atoms with van der Waals surface area (Å²) in [4.78, 5) is 12.7. The Labute approximate surface area is 103 Å². The van der Waals surface area contributed by atoms with Gasteiger partial charge in [0.05, 0.1) is 18.3 Å². The fourth-order valence-corrected chi connectivity index (χ4v) is 2.15. The van der Waals surface area contributed by atoms with E-state index in [0.29, 0.717) is 6.54 Å². The lowest BCUT2D eigenvalue weighted by molar-refractivity contribution is 0.237. The van der Waals surface area contributed by atoms with Gasteiger partial charge in [-0.2, -0.15) is 5.10 Å². The molecule has 17 heavy (non-hydrogen) atoms. The van der Waals surface area contributed by atoms with Crippen LogP contribution in [0.3, 0.4) is 0 Å². The minimum Gasteiger partial charge on any atom is -0.333 e. The summed E-state index contributed by atoms with van der Waals surface area (Å²) in [6, 6.07) is 5.64. The van der Waals surface area contributed by atoms with Crippen LogP contribution >= 0.6 is 11.3 Å². The second-order valence-electron chi connectivity index (χ2n) is 3.65. The summed E-state index contributed by atoms with van der Waals surface area (Å²) in [5.41, 5.74) is 0.879. The topological polar surface area (TPSA) is 69.8 Å². The fraction of sp³-hybridized carbons (Fsp3) is 0.273. The number of amides is 2. The molecule has 0 radical (unpaired) electrons. The van der Waals surface area contributed by atoms with Crippen LogP contribution in [0, 0.1) is 0 Å². The molecule has 0 aromatic carbocycles. The maximum atomic E-state index is 11.6. The average Bonchev–Trinajstić information content (AvgIpc) is 2.99. The Balaban J connectivity index is 1.77. The summed E-state index contributed by atoms with van der Waals surface area (Å²) in [6.07, 6.45) is 1.66. The van der Waals surface area contributed by atoms with Crippen LogP contribution in [-0.4, -0.2) is 16.2 Å². The molecule has 1 atom stereocenters. The highest BCUT2D eigenvalue weighted by Gasteiger charge is 2.09. The predicted molar refractivity (Wildman–Crippen MR) is 66.7 cm³/mol. The lowest BCUT2D eigenvalue weighted by Crippen LogP contribution is -2.36. The summed E-state index contributed by atoms with van der Waals surface area (Å²) in [6.45, 7) is 2.41. The third kappa shape index (κ3) is 3.32. The molecule has 2 rings (SSSR count). The quantitative estimate of drug-likeness (QED) is 0.777. The molecule has 0 saturated heterocycles. The zero-order chi connectivity index (χ0) is 12.1. The third-order valence-electron chi connectivity index (χ3n) is 2.32. The van der Waals surface area contributed by atoms with Crippen LogP contribution in [0.25, 0.3) is 0 Å². The number of hydrogen-bond acceptors (Lipinski definition) is 3. The normalized spacial score (nSPS) is 12.1. The van der Waals surface area contributed by atoms with Crippen molar-refractivity contribution in [1.29, 1.82) is 0 Å². The highest BCUT2D eigenvalue weighted by molar-refractivity contribution is 7.10. The first-order chi connectivity index (χ1) is 8.25. The lowest BCUT2D eigenvalue weighted by Gasteiger charge is -2.12. The van der Waals surface area contributed by atoms with Crippen LogP contribution in [0.15, 0.2) is 29.8 Å². The van der Waals surface area contributed by atoms with Gasteiger partial charge in [0.25, 0.3) is 0 Å². The van der Waals surface area contributed by atoms with Gasteiger partial charge in [-0.1, -0.05) is 6.07 Å². The Hall–Kier alpha value is -1.82. The Kier molecular flexibility index (Phi) is 3.77. The van der Waals surface area contributed by atoms with Crippen molar-refractivity contribution in [2.75, 3.05) is 0 Å². The van der Waals surface area contributed by atoms with Crippen LogP contribution in [0.5, 0.6) is 0 Å². The van der Waals surface area contributed by atoms with Crippen molar-refractivity contribution in [2.24, 2.45) is 0 Å². The van der Waals surface area contributed by atoms with Crippen molar-refractivity contribution < 1.29 is 4.79 Å². The molecule has 90 valence electrons. The molecule has 3 N–H and O–H groups in total. The fourth-order valence-electron chi connectivity index (χ4n) is 1.42. The molecule has 0 aliphatic heterocycles. The number of carbonyl (C=O) groups excluding carboxylic acids is 1. The van der Waals surface area contributed by atoms with Gasteiger partial charge in [0, 0.05) is 11.1 Å². The summed E-state index contributed by atoms with van der Waals surface area (Å²) in [7, 11) is 0. The number of hydrogen-bond donors (Lipinski definition) is 3. The smallest absolute Gasteiger partial charge is 0.315 e. The van der Waals surface area contributed by atoms with Crippen LogP contribution in [0.2, 0.25) is 0 Å². The highest BCUT2D eigenvalue weighted by atomic mass is 32.1. The van der Waals surface area contributed by atoms with Crippen LogP contribution in [-0.2, 0) is 6.54 Å². The van der Waals surface area contributed by atoms with E-state index in [1.807, 2.05) is 30.5 Å². The molecule has 5 nitrogen and oxygen atoms in total. The van der Waals surface area contributed by atoms with Gasteiger partial charge >= 0.3 is 6.03 Å². The van der Waals surface area contributed by atoms with Gasteiger partial charge in [-0.3, -0.25) is 5.10 Å². The first kappa shape index (κ1) is 11.7. The highest BCUT2D eigenvalue weighted by Crippen LogP contribution is 2.17. The van der Waals surface area contributed by atoms with Gasteiger partial charge in [-0.05, 0) is 24.4 Å². The number of carbonyl (C=O) groups is 1. The molecule has 0 aliphatic rings. The van der Waals surface area contributed by atoms with Crippen molar-refractivity contribution in [3.8, 4) is 0 Å². The molecule has 0 bridgehead atoms. The van der Waals surface area contributed by atoms with Crippen LogP contribution < -0.4 is 10.6 Å². The molecular weight excluding hydrogens is 236 g/mol. The largest absolute Gasteiger partial charge is 0.333 e. The minimum atomic E-state index is -0.180. The molecule has 0 aliphatic carbocycles. The number of H-pyrrole nitrogens is 1. The zero-order valence-electron chi connectivity index (χ0n) is 9.43. The third-order valence-corrected chi connectivity index (χ3v) is 3.37. The van der Waals surface area contributed by atoms with E-state index < -0.39 is 0 Å². The Bertz CT molecular complexity index is 452. The molecule has 0 spiro atoms. The van der Waals surface area contributed by atoms with E-state index in [0.717, 1.165) is 10.6 Å². The zero-order valence-corrected chi connectivity index (χ0v) is 10.3. The molecule has 0 fully saturated rings. The van der Waals surface area contributed by atoms with Crippen LogP contribution in [0.4, 0.5) is 4.79 Å². The van der Waals surface area contributed by atoms with E-state index in [2.05, 4.69) is 20.8 Å². The van der Waals surface area contributed by atoms with E-state index >= 15 is 0 Å². The Morgan fingerprint density at radius 1 is 1.59 bits per heavy atom. The summed E-state index contributed by atoms with van der Waals surface area (Å²) >= 11 is 1.63. The molecule has 1 unspecified atom stereocenters. The molecule has 0 saturated carbocycles. The second kappa shape index (κ2) is 5.49. The SMILES string of the molecule is CC(NC(=O)NCc1ccn[nH]1)c1cccs1. The number of aromatic nitrogens is 2. The van der Waals surface area contributed by atoms with Gasteiger partial charge < -0.3 is 10.6 Å². The summed E-state index contributed by atoms with van der Waals surface area (Å²) < 4.78 is 0. The molecule has 6 heteroatoms. The minimum absolute atomic E-state index is 0.0248. The van der Waals surface area contributed by atoms with Gasteiger partial charge in [0.1, 0.15) is 0 Å². The van der Waals surface area contributed by atoms with Crippen molar-refractivity contribution in [1.82, 2.24) is 20.8 Å². The molecule has 2 heterocycles. The van der Waals surface area contributed by atoms with E-state index in [9.17, 15) is 4.79 Å². The maximum Gasteiger partial charge on any atom is 0.315 e. The molecule has 2 aromatic rings. The first-order valence-electron chi connectivity index (χ1n) is 5.31. The summed E-state index contributed by atoms with van der Waals surface area (Å²) in [5.74, 6) is 0. The lowest BCUT2D eigenvalue weighted by atomic mass is 10.3. The monoisotopic (exact) mass is 250 g/mol. The standard InChI is InChI=1S/C11H14N4OS/c1-8(10-3-2-6-17-10)14-11(16)12-7-9-4-5-13-15-9/h2-6,8H,7H2,1H3,(H,13,15)(H2,12,14,16). The van der Waals surface area contributed by atoms with Crippen molar-refractivity contribution in [3.63, 3.8) is 0 Å². The molecular formula is C11H14N4OS. The first-order valence-corrected chi connectivity index (χ1v) is 6.19. The van der Waals surface area contributed by atoms with Gasteiger partial charge in [-0.15, -0.1) is 11.3 Å². The predicted octanol–water partition coefficient (Wildman–Crippen LogP) is 2.03. The van der Waals surface area contributed by atoms with E-state index in [1.54, 1.807) is 17.5 Å². The summed E-state index contributed by atoms with van der Waals surface area (Å²) in [5, 5.41) is 14.2. The van der Waals surface area contributed by atoms with Gasteiger partial charge in [0.2, 0.25) is 0 Å². The van der Waals surface area contributed by atoms with E-state index in [-0.39, 0.29) is 12.1 Å². The van der Waals surface area contributed by atoms with E-state index in [4.69, 9.17) is 0 Å². The van der Waals surface area contributed by atoms with Crippen molar-refractivity contribution in [3.05, 3.63) is 40.3 Å². The molecule has 2 amide bonds. The van der Waals surface area contributed by atoms with Crippen LogP contribution in [0.1, 0.15) is 23.5 Å². The van der Waals surface area contributed by atoms with Gasteiger partial charge in [0.15, 0.2) is 0 Å². The number of thiophene rings is 1. The van der Waals surface area contributed by atoms with Crippen molar-refractivity contribution >= 4 is 17.4 Å². The number of nitrogens with one attached hydrogen (secondary N) is 3. The van der Waals surface area contributed by atoms with Crippen molar-refractivity contribution in [2.45, 2.75) is 19.5 Å². The van der Waals surface area contributed by atoms with Gasteiger partial charge in [-0.25, -0.2) is 4.79 Å².